The van der Waals surface area contributed by atoms with E-state index in [1.54, 1.807) is 14.2 Å². The molecule has 5 heteroatoms. The predicted octanol–water partition coefficient (Wildman–Crippen LogP) is 5.55. The minimum atomic E-state index is 0.110. The summed E-state index contributed by atoms with van der Waals surface area (Å²) in [5.41, 5.74) is 4.87. The summed E-state index contributed by atoms with van der Waals surface area (Å²) >= 11 is 6.48. The molecule has 2 heterocycles. The molecule has 0 aromatic heterocycles. The number of hydrogen-bond acceptors (Lipinski definition) is 4. The van der Waals surface area contributed by atoms with E-state index >= 15 is 0 Å². The fraction of sp³-hybridized carbons (Fsp3) is 0.455. The van der Waals surface area contributed by atoms with E-state index in [0.717, 1.165) is 37.1 Å². The van der Waals surface area contributed by atoms with Crippen LogP contribution in [0.25, 0.3) is 0 Å². The van der Waals surface area contributed by atoms with E-state index in [1.807, 2.05) is 12.1 Å². The number of methoxy groups -OCH3 is 2. The molecule has 0 amide bonds. The number of benzene rings is 2. The summed E-state index contributed by atoms with van der Waals surface area (Å²) in [6.07, 6.45) is 3.32. The third-order valence-electron chi connectivity index (χ3n) is 5.75. The first-order chi connectivity index (χ1) is 13.2. The van der Waals surface area contributed by atoms with Crippen LogP contribution in [0.2, 0.25) is 5.02 Å². The van der Waals surface area contributed by atoms with Crippen molar-refractivity contribution in [2.45, 2.75) is 38.3 Å². The zero-order valence-corrected chi connectivity index (χ0v) is 16.8. The molecule has 0 saturated carbocycles. The summed E-state index contributed by atoms with van der Waals surface area (Å²) in [5, 5.41) is 4.31. The molecule has 144 valence electrons. The Morgan fingerprint density at radius 3 is 2.78 bits per heavy atom. The number of hydrogen-bond donors (Lipinski definition) is 1. The van der Waals surface area contributed by atoms with Crippen LogP contribution >= 0.6 is 11.6 Å². The lowest BCUT2D eigenvalue weighted by molar-refractivity contribution is -0.0381. The minimum absolute atomic E-state index is 0.110. The molecule has 1 fully saturated rings. The van der Waals surface area contributed by atoms with Gasteiger partial charge in [0.05, 0.1) is 31.4 Å². The fourth-order valence-corrected chi connectivity index (χ4v) is 4.68. The summed E-state index contributed by atoms with van der Waals surface area (Å²) < 4.78 is 17.2. The molecule has 3 atom stereocenters. The SMILES string of the molecule is CCc1ccc2c(c1)[C@H]1OCCC[C@H]1[C@H](c1cc(Cl)c(OC)c(OC)c1)N2. The van der Waals surface area contributed by atoms with E-state index in [-0.39, 0.29) is 12.1 Å². The van der Waals surface area contributed by atoms with E-state index in [2.05, 4.69) is 30.4 Å². The predicted molar refractivity (Wildman–Crippen MR) is 108 cm³/mol. The Hall–Kier alpha value is -1.91. The second-order valence-electron chi connectivity index (χ2n) is 7.23. The molecule has 2 aromatic rings. The molecule has 27 heavy (non-hydrogen) atoms. The summed E-state index contributed by atoms with van der Waals surface area (Å²) in [6, 6.07) is 10.8. The van der Waals surface area contributed by atoms with Gasteiger partial charge in [-0.15, -0.1) is 0 Å². The Morgan fingerprint density at radius 1 is 1.19 bits per heavy atom. The molecule has 0 aliphatic carbocycles. The first kappa shape index (κ1) is 18.5. The van der Waals surface area contributed by atoms with Crippen LogP contribution in [0.3, 0.4) is 0 Å². The molecule has 1 saturated heterocycles. The van der Waals surface area contributed by atoms with Crippen molar-refractivity contribution in [3.05, 3.63) is 52.0 Å². The first-order valence-corrected chi connectivity index (χ1v) is 9.96. The molecule has 0 unspecified atom stereocenters. The van der Waals surface area contributed by atoms with Crippen LogP contribution in [-0.4, -0.2) is 20.8 Å². The van der Waals surface area contributed by atoms with E-state index in [0.29, 0.717) is 22.4 Å². The van der Waals surface area contributed by atoms with E-state index in [4.69, 9.17) is 25.8 Å². The van der Waals surface area contributed by atoms with Crippen LogP contribution in [0, 0.1) is 5.92 Å². The smallest absolute Gasteiger partial charge is 0.179 e. The summed E-state index contributed by atoms with van der Waals surface area (Å²) in [7, 11) is 3.25. The molecule has 4 nitrogen and oxygen atoms in total. The van der Waals surface area contributed by atoms with Crippen molar-refractivity contribution < 1.29 is 14.2 Å². The number of anilines is 1. The highest BCUT2D eigenvalue weighted by molar-refractivity contribution is 6.32. The van der Waals surface area contributed by atoms with E-state index < -0.39 is 0 Å². The third kappa shape index (κ3) is 3.26. The maximum absolute atomic E-state index is 6.48. The Balaban J connectivity index is 1.78. The normalized spacial score (nSPS) is 23.8. The molecule has 2 aliphatic rings. The lowest BCUT2D eigenvalue weighted by Gasteiger charge is -2.43. The Kier molecular flexibility index (Phi) is 5.20. The standard InChI is InChI=1S/C22H26ClNO3/c1-4-13-7-8-18-16(10-13)21-15(6-5-9-27-21)20(24-18)14-11-17(23)22(26-3)19(12-14)25-2/h7-8,10-12,15,20-21,24H,4-6,9H2,1-3H3/t15-,20-,21-/m0/s1. The topological polar surface area (TPSA) is 39.7 Å². The van der Waals surface area contributed by atoms with E-state index in [9.17, 15) is 0 Å². The average molecular weight is 388 g/mol. The fourth-order valence-electron chi connectivity index (χ4n) is 4.39. The zero-order chi connectivity index (χ0) is 19.0. The van der Waals surface area contributed by atoms with Gasteiger partial charge in [0.25, 0.3) is 0 Å². The Bertz CT molecular complexity index is 839. The van der Waals surface area contributed by atoms with Gasteiger partial charge in [-0.25, -0.2) is 0 Å². The van der Waals surface area contributed by atoms with Crippen LogP contribution in [0.15, 0.2) is 30.3 Å². The van der Waals surface area contributed by atoms with Crippen LogP contribution < -0.4 is 14.8 Å². The van der Waals surface area contributed by atoms with Crippen molar-refractivity contribution in [2.24, 2.45) is 5.92 Å². The van der Waals surface area contributed by atoms with Gasteiger partial charge in [-0.2, -0.15) is 0 Å². The minimum Gasteiger partial charge on any atom is -0.493 e. The highest BCUT2D eigenvalue weighted by Gasteiger charge is 2.40. The second-order valence-corrected chi connectivity index (χ2v) is 7.64. The van der Waals surface area contributed by atoms with E-state index in [1.165, 1.54) is 11.1 Å². The lowest BCUT2D eigenvalue weighted by atomic mass is 9.77. The Morgan fingerprint density at radius 2 is 2.04 bits per heavy atom. The van der Waals surface area contributed by atoms with Gasteiger partial charge in [-0.05, 0) is 48.6 Å². The number of ether oxygens (including phenoxy) is 3. The van der Waals surface area contributed by atoms with Gasteiger partial charge in [-0.1, -0.05) is 30.7 Å². The van der Waals surface area contributed by atoms with Crippen molar-refractivity contribution in [1.82, 2.24) is 0 Å². The van der Waals surface area contributed by atoms with Crippen molar-refractivity contribution in [3.63, 3.8) is 0 Å². The molecular formula is C22H26ClNO3. The highest BCUT2D eigenvalue weighted by atomic mass is 35.5. The van der Waals surface area contributed by atoms with Crippen LogP contribution in [0.1, 0.15) is 48.6 Å². The van der Waals surface area contributed by atoms with Crippen molar-refractivity contribution in [2.75, 3.05) is 26.1 Å². The van der Waals surface area contributed by atoms with Gasteiger partial charge in [-0.3, -0.25) is 0 Å². The maximum Gasteiger partial charge on any atom is 0.179 e. The molecule has 1 N–H and O–H groups in total. The molecule has 0 bridgehead atoms. The van der Waals surface area contributed by atoms with Crippen molar-refractivity contribution >= 4 is 17.3 Å². The molecule has 0 spiro atoms. The molecule has 2 aliphatic heterocycles. The van der Waals surface area contributed by atoms with Crippen LogP contribution in [-0.2, 0) is 11.2 Å². The highest BCUT2D eigenvalue weighted by Crippen LogP contribution is 2.50. The quantitative estimate of drug-likeness (QED) is 0.746. The van der Waals surface area contributed by atoms with Crippen molar-refractivity contribution in [1.29, 1.82) is 0 Å². The number of fused-ring (bicyclic) bond motifs is 3. The van der Waals surface area contributed by atoms with Crippen LogP contribution in [0.4, 0.5) is 5.69 Å². The third-order valence-corrected chi connectivity index (χ3v) is 6.03. The second kappa shape index (κ2) is 7.61. The van der Waals surface area contributed by atoms with Gasteiger partial charge < -0.3 is 19.5 Å². The Labute approximate surface area is 165 Å². The zero-order valence-electron chi connectivity index (χ0n) is 16.0. The van der Waals surface area contributed by atoms with Gasteiger partial charge in [0.2, 0.25) is 0 Å². The lowest BCUT2D eigenvalue weighted by Crippen LogP contribution is -2.36. The monoisotopic (exact) mass is 387 g/mol. The van der Waals surface area contributed by atoms with Crippen molar-refractivity contribution in [3.8, 4) is 11.5 Å². The van der Waals surface area contributed by atoms with Gasteiger partial charge in [0.1, 0.15) is 0 Å². The molecule has 0 radical (unpaired) electrons. The first-order valence-electron chi connectivity index (χ1n) is 9.58. The number of aryl methyl sites for hydroxylation is 1. The van der Waals surface area contributed by atoms with Crippen LogP contribution in [0.5, 0.6) is 11.5 Å². The number of rotatable bonds is 4. The van der Waals surface area contributed by atoms with Gasteiger partial charge in [0.15, 0.2) is 11.5 Å². The average Bonchev–Trinajstić information content (AvgIpc) is 2.72. The number of halogens is 1. The molecular weight excluding hydrogens is 362 g/mol. The summed E-state index contributed by atoms with van der Waals surface area (Å²) in [5.74, 6) is 1.58. The van der Waals surface area contributed by atoms with Gasteiger partial charge in [0, 0.05) is 23.8 Å². The summed E-state index contributed by atoms with van der Waals surface area (Å²) in [4.78, 5) is 0. The number of nitrogens with one attached hydrogen (secondary N) is 1. The maximum atomic E-state index is 6.48. The van der Waals surface area contributed by atoms with Gasteiger partial charge >= 0.3 is 0 Å². The summed E-state index contributed by atoms with van der Waals surface area (Å²) in [6.45, 7) is 3.00. The molecule has 4 rings (SSSR count). The largest absolute Gasteiger partial charge is 0.493 e. The molecule has 2 aromatic carbocycles.